The largest absolute Gasteiger partial charge is 0.285 e. The molecule has 0 saturated heterocycles. The van der Waals surface area contributed by atoms with Gasteiger partial charge < -0.3 is 0 Å². The molecule has 0 aliphatic rings. The molecule has 0 aliphatic heterocycles. The van der Waals surface area contributed by atoms with E-state index in [0.717, 1.165) is 5.03 Å². The lowest BCUT2D eigenvalue weighted by molar-refractivity contribution is 0.566. The summed E-state index contributed by atoms with van der Waals surface area (Å²) in [4.78, 5) is 13.7. The van der Waals surface area contributed by atoms with Crippen LogP contribution in [-0.2, 0) is 4.79 Å². The van der Waals surface area contributed by atoms with Crippen LogP contribution in [0.25, 0.3) is 0 Å². The molecule has 0 aliphatic carbocycles. The molecule has 0 N–H and O–H groups in total. The van der Waals surface area contributed by atoms with Gasteiger partial charge in [0.05, 0.1) is 0 Å². The van der Waals surface area contributed by atoms with Gasteiger partial charge in [0.25, 0.3) is 6.29 Å². The molecule has 0 saturated carbocycles. The van der Waals surface area contributed by atoms with Crippen molar-refractivity contribution >= 4 is 27.9 Å². The van der Waals surface area contributed by atoms with Crippen molar-refractivity contribution in [1.82, 2.24) is 4.98 Å². The van der Waals surface area contributed by atoms with Crippen molar-refractivity contribution in [2.75, 3.05) is 0 Å². The van der Waals surface area contributed by atoms with Crippen LogP contribution in [-0.4, -0.2) is 11.3 Å². The highest BCUT2D eigenvalue weighted by Crippen LogP contribution is 2.27. The summed E-state index contributed by atoms with van der Waals surface area (Å²) in [5.74, 6) is 2.18. The Balaban J connectivity index is 2.38. The van der Waals surface area contributed by atoms with Crippen LogP contribution in [0.4, 0.5) is 0 Å². The lowest BCUT2D eigenvalue weighted by Crippen LogP contribution is -1.71. The molecule has 1 aromatic rings. The van der Waals surface area contributed by atoms with E-state index in [-0.39, 0.29) is 0 Å². The summed E-state index contributed by atoms with van der Waals surface area (Å²) in [7, 11) is 2.67. The number of hydrogen-bond acceptors (Lipinski definition) is 4. The van der Waals surface area contributed by atoms with E-state index in [0.29, 0.717) is 0 Å². The molecule has 0 unspecified atom stereocenters. The summed E-state index contributed by atoms with van der Waals surface area (Å²) >= 11 is 0. The number of rotatable bonds is 2. The molecule has 1 aromatic heterocycles. The summed E-state index contributed by atoms with van der Waals surface area (Å²) in [5.41, 5.74) is 0. The Bertz CT molecular complexity index is 302. The highest BCUT2D eigenvalue weighted by Gasteiger charge is 1.90. The van der Waals surface area contributed by atoms with Gasteiger partial charge in [-0.05, 0) is 34.1 Å². The van der Waals surface area contributed by atoms with Crippen LogP contribution >= 0.6 is 21.6 Å². The maximum absolute atomic E-state index is 9.68. The van der Waals surface area contributed by atoms with Gasteiger partial charge in [-0.15, -0.1) is 0 Å². The topological polar surface area (TPSA) is 30.0 Å². The first-order valence-corrected chi connectivity index (χ1v) is 5.20. The second kappa shape index (κ2) is 5.70. The third kappa shape index (κ3) is 3.46. The molecule has 0 atom stereocenters. The average Bonchev–Trinajstić information content (AvgIpc) is 2.14. The predicted molar refractivity (Wildman–Crippen MR) is 51.2 cm³/mol. The Morgan fingerprint density at radius 1 is 1.42 bits per heavy atom. The molecule has 59 valence electrons. The molecule has 0 bridgehead atoms. The summed E-state index contributed by atoms with van der Waals surface area (Å²) in [6.45, 7) is 0. The zero-order valence-electron chi connectivity index (χ0n) is 5.98. The Hall–Kier alpha value is -0.920. The Morgan fingerprint density at radius 3 is 3.00 bits per heavy atom. The van der Waals surface area contributed by atoms with Crippen molar-refractivity contribution in [3.8, 4) is 11.2 Å². The smallest absolute Gasteiger partial charge is 0.275 e. The molecule has 1 radical (unpaired) electrons. The number of hydrogen-bond donors (Lipinski definition) is 0. The van der Waals surface area contributed by atoms with E-state index in [1.54, 1.807) is 6.20 Å². The van der Waals surface area contributed by atoms with Crippen molar-refractivity contribution in [3.05, 3.63) is 24.4 Å². The fraction of sp³-hybridized carbons (Fsp3) is 0. The minimum absolute atomic E-state index is 0.877. The third-order valence-electron chi connectivity index (χ3n) is 0.909. The van der Waals surface area contributed by atoms with Crippen LogP contribution in [0.3, 0.4) is 0 Å². The van der Waals surface area contributed by atoms with Gasteiger partial charge in [-0.2, -0.15) is 0 Å². The molecular weight excluding hydrogens is 190 g/mol. The fourth-order valence-corrected chi connectivity index (χ4v) is 1.75. The Kier molecular flexibility index (Phi) is 4.35. The maximum Gasteiger partial charge on any atom is 0.285 e. The van der Waals surface area contributed by atoms with Gasteiger partial charge in [0.15, 0.2) is 0 Å². The maximum atomic E-state index is 9.68. The molecule has 2 nitrogen and oxygen atoms in total. The summed E-state index contributed by atoms with van der Waals surface area (Å²) in [5, 5.41) is 3.43. The van der Waals surface area contributed by atoms with Crippen molar-refractivity contribution in [1.29, 1.82) is 0 Å². The number of carbonyl (C=O) groups excluding carboxylic acids is 1. The minimum Gasteiger partial charge on any atom is -0.275 e. The fourth-order valence-electron chi connectivity index (χ4n) is 0.502. The highest BCUT2D eigenvalue weighted by atomic mass is 33.1. The monoisotopic (exact) mass is 194 g/mol. The van der Waals surface area contributed by atoms with Gasteiger partial charge >= 0.3 is 0 Å². The zero-order valence-corrected chi connectivity index (χ0v) is 7.61. The van der Waals surface area contributed by atoms with Crippen LogP contribution < -0.4 is 0 Å². The van der Waals surface area contributed by atoms with E-state index in [4.69, 9.17) is 0 Å². The lowest BCUT2D eigenvalue weighted by atomic mass is 10.5. The van der Waals surface area contributed by atoms with Gasteiger partial charge in [0, 0.05) is 17.0 Å². The van der Waals surface area contributed by atoms with E-state index in [9.17, 15) is 4.79 Å². The molecule has 12 heavy (non-hydrogen) atoms. The molecule has 0 amide bonds. The van der Waals surface area contributed by atoms with Crippen molar-refractivity contribution in [3.63, 3.8) is 0 Å². The standard InChI is InChI=1S/C8H4NOS2/c10-6-3-7-11-12-8-4-1-2-5-9-8/h1-2,4-5H. The first-order chi connectivity index (χ1) is 5.93. The number of aromatic nitrogens is 1. The van der Waals surface area contributed by atoms with Crippen LogP contribution in [0.5, 0.6) is 0 Å². The Morgan fingerprint density at radius 2 is 2.33 bits per heavy atom. The molecule has 0 fully saturated rings. The van der Waals surface area contributed by atoms with Gasteiger partial charge in [0.2, 0.25) is 0 Å². The molecule has 1 heterocycles. The van der Waals surface area contributed by atoms with Crippen molar-refractivity contribution < 1.29 is 4.79 Å². The van der Waals surface area contributed by atoms with E-state index < -0.39 is 0 Å². The number of nitrogens with zero attached hydrogens (tertiary/aromatic N) is 1. The van der Waals surface area contributed by atoms with Crippen LogP contribution in [0.15, 0.2) is 29.4 Å². The second-order valence-corrected chi connectivity index (χ2v) is 3.62. The highest BCUT2D eigenvalue weighted by molar-refractivity contribution is 8.78. The van der Waals surface area contributed by atoms with Gasteiger partial charge in [-0.25, -0.2) is 4.98 Å². The summed E-state index contributed by atoms with van der Waals surface area (Å²) in [6.07, 6.45) is 3.20. The summed E-state index contributed by atoms with van der Waals surface area (Å²) < 4.78 is 0. The predicted octanol–water partition coefficient (Wildman–Crippen LogP) is 1.89. The van der Waals surface area contributed by atoms with Crippen LogP contribution in [0, 0.1) is 11.2 Å². The molecular formula is C8H4NOS2. The van der Waals surface area contributed by atoms with E-state index >= 15 is 0 Å². The van der Waals surface area contributed by atoms with Crippen molar-refractivity contribution in [2.45, 2.75) is 5.03 Å². The second-order valence-electron chi connectivity index (χ2n) is 1.66. The zero-order chi connectivity index (χ0) is 8.65. The molecule has 0 aromatic carbocycles. The van der Waals surface area contributed by atoms with Crippen LogP contribution in [0.2, 0.25) is 0 Å². The Labute approximate surface area is 78.6 Å². The van der Waals surface area contributed by atoms with E-state index in [1.165, 1.54) is 27.9 Å². The average molecular weight is 194 g/mol. The SMILES string of the molecule is O=[C]C#CSSc1ccccn1. The van der Waals surface area contributed by atoms with Gasteiger partial charge in [-0.1, -0.05) is 6.07 Å². The first kappa shape index (κ1) is 9.17. The number of pyridine rings is 1. The van der Waals surface area contributed by atoms with E-state index in [2.05, 4.69) is 16.2 Å². The molecule has 1 rings (SSSR count). The third-order valence-corrected chi connectivity index (χ3v) is 2.60. The minimum atomic E-state index is 0.877. The van der Waals surface area contributed by atoms with E-state index in [1.807, 2.05) is 18.2 Å². The lowest BCUT2D eigenvalue weighted by Gasteiger charge is -1.91. The summed E-state index contributed by atoms with van der Waals surface area (Å²) in [6, 6.07) is 5.62. The van der Waals surface area contributed by atoms with Crippen LogP contribution in [0.1, 0.15) is 0 Å². The quantitative estimate of drug-likeness (QED) is 0.531. The first-order valence-electron chi connectivity index (χ1n) is 3.05. The molecule has 0 spiro atoms. The van der Waals surface area contributed by atoms with Gasteiger partial charge in [-0.3, -0.25) is 4.79 Å². The van der Waals surface area contributed by atoms with Crippen molar-refractivity contribution in [2.24, 2.45) is 0 Å². The molecule has 4 heteroatoms. The normalized spacial score (nSPS) is 8.33. The van der Waals surface area contributed by atoms with Gasteiger partial charge in [0.1, 0.15) is 5.03 Å².